The SMILES string of the molecule is CCCN(CC(=O)O)CC(=O)Nc1cc(C(C)(C)C)nn1-c1ccccc1. The van der Waals surface area contributed by atoms with Crippen molar-refractivity contribution in [2.45, 2.75) is 39.5 Å². The number of hydrogen-bond acceptors (Lipinski definition) is 4. The molecule has 7 nitrogen and oxygen atoms in total. The maximum absolute atomic E-state index is 12.5. The number of nitrogens with zero attached hydrogens (tertiary/aromatic N) is 3. The molecule has 0 fully saturated rings. The monoisotopic (exact) mass is 372 g/mol. The van der Waals surface area contributed by atoms with E-state index in [0.29, 0.717) is 12.4 Å². The van der Waals surface area contributed by atoms with Gasteiger partial charge in [-0.25, -0.2) is 4.68 Å². The highest BCUT2D eigenvalue weighted by Crippen LogP contribution is 2.26. The van der Waals surface area contributed by atoms with Crippen molar-refractivity contribution < 1.29 is 14.7 Å². The summed E-state index contributed by atoms with van der Waals surface area (Å²) in [5, 5.41) is 16.6. The maximum atomic E-state index is 12.5. The van der Waals surface area contributed by atoms with Crippen LogP contribution in [0.4, 0.5) is 5.82 Å². The van der Waals surface area contributed by atoms with Gasteiger partial charge in [-0.15, -0.1) is 0 Å². The van der Waals surface area contributed by atoms with E-state index < -0.39 is 5.97 Å². The molecule has 7 heteroatoms. The molecule has 0 saturated carbocycles. The summed E-state index contributed by atoms with van der Waals surface area (Å²) in [4.78, 5) is 25.1. The minimum absolute atomic E-state index is 0.0188. The molecule has 0 atom stereocenters. The van der Waals surface area contributed by atoms with Gasteiger partial charge in [0.05, 0.1) is 24.5 Å². The molecule has 1 aromatic heterocycles. The zero-order valence-corrected chi connectivity index (χ0v) is 16.4. The highest BCUT2D eigenvalue weighted by atomic mass is 16.4. The van der Waals surface area contributed by atoms with Gasteiger partial charge in [0.2, 0.25) is 5.91 Å². The van der Waals surface area contributed by atoms with Crippen LogP contribution in [0.15, 0.2) is 36.4 Å². The van der Waals surface area contributed by atoms with Crippen LogP contribution >= 0.6 is 0 Å². The van der Waals surface area contributed by atoms with Crippen molar-refractivity contribution in [1.82, 2.24) is 14.7 Å². The Labute approximate surface area is 160 Å². The number of carbonyl (C=O) groups is 2. The Morgan fingerprint density at radius 1 is 1.19 bits per heavy atom. The summed E-state index contributed by atoms with van der Waals surface area (Å²) in [5.41, 5.74) is 1.54. The number of carboxylic acids is 1. The number of amides is 1. The Hall–Kier alpha value is -2.67. The normalized spacial score (nSPS) is 11.6. The fraction of sp³-hybridized carbons (Fsp3) is 0.450. The van der Waals surface area contributed by atoms with Crippen molar-refractivity contribution in [1.29, 1.82) is 0 Å². The van der Waals surface area contributed by atoms with Gasteiger partial charge in [0.15, 0.2) is 0 Å². The third-order valence-electron chi connectivity index (χ3n) is 4.01. The number of aromatic nitrogens is 2. The van der Waals surface area contributed by atoms with Gasteiger partial charge in [0.25, 0.3) is 0 Å². The van der Waals surface area contributed by atoms with Gasteiger partial charge in [0, 0.05) is 11.5 Å². The first-order chi connectivity index (χ1) is 12.7. The van der Waals surface area contributed by atoms with Gasteiger partial charge in [0.1, 0.15) is 5.82 Å². The standard InChI is InChI=1S/C20H28N4O3/c1-5-11-23(14-19(26)27)13-18(25)21-17-12-16(20(2,3)4)22-24(17)15-9-7-6-8-10-15/h6-10,12H,5,11,13-14H2,1-4H3,(H,21,25)(H,26,27). The summed E-state index contributed by atoms with van der Waals surface area (Å²) in [7, 11) is 0. The van der Waals surface area contributed by atoms with E-state index >= 15 is 0 Å². The zero-order chi connectivity index (χ0) is 20.0. The second kappa shape index (κ2) is 8.81. The van der Waals surface area contributed by atoms with Crippen LogP contribution in [0.1, 0.15) is 39.8 Å². The minimum Gasteiger partial charge on any atom is -0.480 e. The number of hydrogen-bond donors (Lipinski definition) is 2. The maximum Gasteiger partial charge on any atom is 0.317 e. The molecule has 0 unspecified atom stereocenters. The molecule has 0 spiro atoms. The fourth-order valence-electron chi connectivity index (χ4n) is 2.71. The molecule has 0 aliphatic rings. The van der Waals surface area contributed by atoms with Crippen LogP contribution < -0.4 is 5.32 Å². The number of nitrogens with one attached hydrogen (secondary N) is 1. The van der Waals surface area contributed by atoms with Gasteiger partial charge in [-0.1, -0.05) is 45.9 Å². The number of carbonyl (C=O) groups excluding carboxylic acids is 1. The Morgan fingerprint density at radius 2 is 1.85 bits per heavy atom. The van der Waals surface area contributed by atoms with E-state index in [9.17, 15) is 9.59 Å². The van der Waals surface area contributed by atoms with Crippen molar-refractivity contribution >= 4 is 17.7 Å². The number of benzene rings is 1. The van der Waals surface area contributed by atoms with E-state index in [2.05, 4.69) is 31.2 Å². The van der Waals surface area contributed by atoms with Crippen LogP contribution in [0.3, 0.4) is 0 Å². The van der Waals surface area contributed by atoms with Gasteiger partial charge in [-0.2, -0.15) is 5.10 Å². The van der Waals surface area contributed by atoms with Crippen molar-refractivity contribution in [3.63, 3.8) is 0 Å². The highest BCUT2D eigenvalue weighted by Gasteiger charge is 2.22. The lowest BCUT2D eigenvalue weighted by atomic mass is 9.92. The van der Waals surface area contributed by atoms with Crippen LogP contribution in [0.2, 0.25) is 0 Å². The lowest BCUT2D eigenvalue weighted by Crippen LogP contribution is -2.37. The van der Waals surface area contributed by atoms with E-state index in [1.165, 1.54) is 0 Å². The lowest BCUT2D eigenvalue weighted by molar-refractivity contribution is -0.138. The molecule has 0 saturated heterocycles. The van der Waals surface area contributed by atoms with E-state index in [1.54, 1.807) is 9.58 Å². The Bertz CT molecular complexity index is 778. The molecule has 2 N–H and O–H groups in total. The van der Waals surface area contributed by atoms with Crippen molar-refractivity contribution in [2.24, 2.45) is 0 Å². The van der Waals surface area contributed by atoms with E-state index in [1.807, 2.05) is 43.3 Å². The predicted molar refractivity (Wildman–Crippen MR) is 105 cm³/mol. The zero-order valence-electron chi connectivity index (χ0n) is 16.4. The summed E-state index contributed by atoms with van der Waals surface area (Å²) in [5.74, 6) is -0.634. The summed E-state index contributed by atoms with van der Waals surface area (Å²) in [6.07, 6.45) is 0.774. The van der Waals surface area contributed by atoms with Crippen LogP contribution in [-0.2, 0) is 15.0 Å². The van der Waals surface area contributed by atoms with Gasteiger partial charge >= 0.3 is 5.97 Å². The number of anilines is 1. The molecule has 0 aliphatic heterocycles. The first-order valence-electron chi connectivity index (χ1n) is 9.10. The Kier molecular flexibility index (Phi) is 6.74. The number of carboxylic acid groups (broad SMARTS) is 1. The quantitative estimate of drug-likeness (QED) is 0.744. The average Bonchev–Trinajstić information content (AvgIpc) is 2.99. The largest absolute Gasteiger partial charge is 0.480 e. The molecule has 1 aromatic carbocycles. The van der Waals surface area contributed by atoms with Gasteiger partial charge < -0.3 is 10.4 Å². The van der Waals surface area contributed by atoms with Crippen molar-refractivity contribution in [3.8, 4) is 5.69 Å². The molecule has 27 heavy (non-hydrogen) atoms. The van der Waals surface area contributed by atoms with E-state index in [0.717, 1.165) is 17.8 Å². The number of aliphatic carboxylic acids is 1. The molecule has 2 aromatic rings. The second-order valence-corrected chi connectivity index (χ2v) is 7.56. The Balaban J connectivity index is 2.24. The fourth-order valence-corrected chi connectivity index (χ4v) is 2.71. The van der Waals surface area contributed by atoms with Crippen molar-refractivity contribution in [3.05, 3.63) is 42.1 Å². The summed E-state index contributed by atoms with van der Waals surface area (Å²) in [6.45, 7) is 8.54. The molecular weight excluding hydrogens is 344 g/mol. The van der Waals surface area contributed by atoms with Crippen LogP contribution in [-0.4, -0.2) is 51.3 Å². The lowest BCUT2D eigenvalue weighted by Gasteiger charge is -2.18. The molecule has 2 rings (SSSR count). The molecule has 1 amide bonds. The highest BCUT2D eigenvalue weighted by molar-refractivity contribution is 5.92. The van der Waals surface area contributed by atoms with Gasteiger partial charge in [-0.3, -0.25) is 14.5 Å². The van der Waals surface area contributed by atoms with Crippen LogP contribution in [0.5, 0.6) is 0 Å². The molecular formula is C20H28N4O3. The molecule has 146 valence electrons. The molecule has 0 bridgehead atoms. The smallest absolute Gasteiger partial charge is 0.317 e. The predicted octanol–water partition coefficient (Wildman–Crippen LogP) is 2.90. The first kappa shape index (κ1) is 20.6. The average molecular weight is 372 g/mol. The number of rotatable bonds is 8. The van der Waals surface area contributed by atoms with E-state index in [4.69, 9.17) is 5.11 Å². The van der Waals surface area contributed by atoms with Crippen LogP contribution in [0.25, 0.3) is 5.69 Å². The molecule has 0 aliphatic carbocycles. The van der Waals surface area contributed by atoms with Crippen LogP contribution in [0, 0.1) is 0 Å². The third kappa shape index (κ3) is 5.92. The summed E-state index contributed by atoms with van der Waals surface area (Å²) >= 11 is 0. The van der Waals surface area contributed by atoms with E-state index in [-0.39, 0.29) is 24.4 Å². The molecule has 0 radical (unpaired) electrons. The Morgan fingerprint density at radius 3 is 2.41 bits per heavy atom. The van der Waals surface area contributed by atoms with Gasteiger partial charge in [-0.05, 0) is 25.1 Å². The topological polar surface area (TPSA) is 87.5 Å². The second-order valence-electron chi connectivity index (χ2n) is 7.56. The summed E-state index contributed by atoms with van der Waals surface area (Å²) < 4.78 is 1.71. The van der Waals surface area contributed by atoms with Crippen molar-refractivity contribution in [2.75, 3.05) is 25.0 Å². The third-order valence-corrected chi connectivity index (χ3v) is 4.01. The summed E-state index contributed by atoms with van der Waals surface area (Å²) in [6, 6.07) is 11.5. The number of para-hydroxylation sites is 1. The minimum atomic E-state index is -0.944. The molecule has 1 heterocycles. The first-order valence-corrected chi connectivity index (χ1v) is 9.10.